The first-order valence-corrected chi connectivity index (χ1v) is 1.95. The molecule has 6 heavy (non-hydrogen) atoms. The van der Waals surface area contributed by atoms with E-state index in [1.54, 1.807) is 0 Å². The van der Waals surface area contributed by atoms with E-state index in [2.05, 4.69) is 0 Å². The zero-order valence-corrected chi connectivity index (χ0v) is 6.99. The zero-order valence-electron chi connectivity index (χ0n) is 4.51. The summed E-state index contributed by atoms with van der Waals surface area (Å²) < 4.78 is 8.74. The molecule has 6 heteroatoms. The molecule has 0 heterocycles. The van der Waals surface area contributed by atoms with Crippen molar-refractivity contribution in [3.05, 3.63) is 0 Å². The fourth-order valence-electron chi connectivity index (χ4n) is 0. The van der Waals surface area contributed by atoms with Crippen molar-refractivity contribution in [1.29, 1.82) is 0 Å². The van der Waals surface area contributed by atoms with Gasteiger partial charge in [0.15, 0.2) is 17.4 Å². The number of hydrogen-bond donors (Lipinski definition) is 2. The molecule has 3 nitrogen and oxygen atoms in total. The van der Waals surface area contributed by atoms with Crippen LogP contribution >= 0.6 is 0 Å². The molecule has 0 atom stereocenters. The minimum absolute atomic E-state index is 0. The van der Waals surface area contributed by atoms with E-state index in [-0.39, 0.29) is 65.7 Å². The molecule has 0 spiro atoms. The quantitative estimate of drug-likeness (QED) is 0.409. The summed E-state index contributed by atoms with van der Waals surface area (Å²) >= 11 is 0. The molecule has 0 fully saturated rings. The Morgan fingerprint density at radius 1 is 1.50 bits per heavy atom. The molecule has 0 radical (unpaired) electrons. The second-order valence-corrected chi connectivity index (χ2v) is 0.848. The Kier molecular flexibility index (Phi) is 25.6. The average molecular weight is 198 g/mol. The van der Waals surface area contributed by atoms with Gasteiger partial charge >= 0.3 is 54.7 Å². The van der Waals surface area contributed by atoms with Gasteiger partial charge in [-0.15, -0.1) is 0 Å². The van der Waals surface area contributed by atoms with Gasteiger partial charge in [-0.05, 0) is 0 Å². The second kappa shape index (κ2) is 9.80. The van der Waals surface area contributed by atoms with Crippen LogP contribution < -0.4 is 0 Å². The first-order valence-electron chi connectivity index (χ1n) is 0.651. The Bertz CT molecular complexity index is 40.3. The molecule has 0 bridgehead atoms. The van der Waals surface area contributed by atoms with E-state index < -0.39 is 9.17 Å². The molecule has 0 aromatic heterocycles. The van der Waals surface area contributed by atoms with Crippen LogP contribution in [0.4, 0.5) is 0 Å². The third-order valence-corrected chi connectivity index (χ3v) is 0. The van der Waals surface area contributed by atoms with Gasteiger partial charge in [-0.1, -0.05) is 0 Å². The topological polar surface area (TPSA) is 57.5 Å². The van der Waals surface area contributed by atoms with Gasteiger partial charge in [0.05, 0.1) is 0 Å². The van der Waals surface area contributed by atoms with Gasteiger partial charge in [0.25, 0.3) is 0 Å². The Hall–Kier alpha value is 1.63. The maximum atomic E-state index is 8.74. The molecule has 0 unspecified atom stereocenters. The first-order chi connectivity index (χ1) is 1.73. The third kappa shape index (κ3) is 45.4. The Labute approximate surface area is 87.6 Å². The molecule has 0 aromatic rings. The summed E-state index contributed by atoms with van der Waals surface area (Å²) in [5.41, 5.74) is 0. The van der Waals surface area contributed by atoms with Crippen molar-refractivity contribution >= 4 is 72.0 Å². The van der Waals surface area contributed by atoms with E-state index in [1.165, 1.54) is 0 Å². The summed E-state index contributed by atoms with van der Waals surface area (Å²) in [6.45, 7) is 0. The second-order valence-electron chi connectivity index (χ2n) is 0.283. The van der Waals surface area contributed by atoms with E-state index in [0.29, 0.717) is 0 Å². The zero-order chi connectivity index (χ0) is 3.58. The monoisotopic (exact) mass is 198 g/mol. The summed E-state index contributed by atoms with van der Waals surface area (Å²) in [5, 5.41) is 0. The molecule has 0 saturated heterocycles. The smallest absolute Gasteiger partial charge is 1.00 e. The molecule has 0 aromatic carbocycles. The van der Waals surface area contributed by atoms with Crippen LogP contribution in [-0.2, 0) is 4.46 Å². The first kappa shape index (κ1) is 15.6. The molecule has 0 amide bonds. The van der Waals surface area contributed by atoms with Crippen molar-refractivity contribution in [2.75, 3.05) is 0 Å². The molecule has 0 aliphatic heterocycles. The van der Waals surface area contributed by atoms with Crippen LogP contribution in [0.25, 0.3) is 0 Å². The minimum atomic E-state index is -3.13. The molecular weight excluding hydrogens is 191 g/mol. The number of hydrogen-bond acceptors (Lipinski definition) is 1. The van der Waals surface area contributed by atoms with Gasteiger partial charge in [0.1, 0.15) is 0 Å². The summed E-state index contributed by atoms with van der Waals surface area (Å²) in [7, 11) is -3.13. The largest absolute Gasteiger partial charge is 2.00 e. The van der Waals surface area contributed by atoms with Crippen molar-refractivity contribution < 1.29 is 16.9 Å². The molecular formula is H7AlO3SiSr. The summed E-state index contributed by atoms with van der Waals surface area (Å²) in [5.74, 6) is 0. The fourth-order valence-corrected chi connectivity index (χ4v) is 0. The third-order valence-electron chi connectivity index (χ3n) is 0. The van der Waals surface area contributed by atoms with Gasteiger partial charge in [-0.2, -0.15) is 0 Å². The maximum Gasteiger partial charge on any atom is 2.00 e. The molecule has 0 rings (SSSR count). The van der Waals surface area contributed by atoms with Crippen LogP contribution in [0.2, 0.25) is 0 Å². The van der Waals surface area contributed by atoms with Crippen molar-refractivity contribution in [3.8, 4) is 0 Å². The summed E-state index contributed by atoms with van der Waals surface area (Å²) in [4.78, 5) is 14.3. The van der Waals surface area contributed by atoms with E-state index in [4.69, 9.17) is 14.1 Å². The van der Waals surface area contributed by atoms with Crippen LogP contribution in [0, 0.1) is 0 Å². The predicted octanol–water partition coefficient (Wildman–Crippen LogP) is -2.95. The standard InChI is InChI=1S/Al.H2O3Si.Sr.5H/c;1-4(2)3;;;;;;/h;1-2H;;;;;;/q;;+2;;;;2*-1. The average Bonchev–Trinajstić information content (AvgIpc) is 0.811. The predicted molar refractivity (Wildman–Crippen MR) is 28.8 cm³/mol. The van der Waals surface area contributed by atoms with Gasteiger partial charge in [-0.3, -0.25) is 4.46 Å². The van der Waals surface area contributed by atoms with Gasteiger partial charge in [0, 0.05) is 0 Å². The van der Waals surface area contributed by atoms with Crippen molar-refractivity contribution in [1.82, 2.24) is 0 Å². The number of rotatable bonds is 0. The van der Waals surface area contributed by atoms with E-state index in [0.717, 1.165) is 0 Å². The summed E-state index contributed by atoms with van der Waals surface area (Å²) in [6, 6.07) is 0. The van der Waals surface area contributed by atoms with Crippen molar-refractivity contribution in [2.45, 2.75) is 0 Å². The van der Waals surface area contributed by atoms with Crippen LogP contribution in [0.15, 0.2) is 0 Å². The minimum Gasteiger partial charge on any atom is -1.00 e. The molecule has 0 aliphatic rings. The van der Waals surface area contributed by atoms with Crippen molar-refractivity contribution in [3.63, 3.8) is 0 Å². The van der Waals surface area contributed by atoms with Crippen molar-refractivity contribution in [2.24, 2.45) is 0 Å². The maximum absolute atomic E-state index is 8.74. The van der Waals surface area contributed by atoms with Gasteiger partial charge < -0.3 is 12.4 Å². The van der Waals surface area contributed by atoms with Gasteiger partial charge in [-0.25, -0.2) is 0 Å². The Balaban J connectivity index is -0.00000000750. The molecule has 34 valence electrons. The van der Waals surface area contributed by atoms with E-state index >= 15 is 0 Å². The van der Waals surface area contributed by atoms with E-state index in [9.17, 15) is 0 Å². The molecule has 0 saturated carbocycles. The summed E-state index contributed by atoms with van der Waals surface area (Å²) in [6.07, 6.45) is 0. The van der Waals surface area contributed by atoms with Gasteiger partial charge in [0.2, 0.25) is 0 Å². The molecule has 2 N–H and O–H groups in total. The van der Waals surface area contributed by atoms with Crippen LogP contribution in [0.1, 0.15) is 2.85 Å². The fraction of sp³-hybridized carbons (Fsp3) is 0. The SMILES string of the molecule is O=[Si](O)O.[AlH3].[H-].[H-].[Sr+2]. The van der Waals surface area contributed by atoms with Crippen LogP contribution in [0.3, 0.4) is 0 Å². The Morgan fingerprint density at radius 2 is 1.50 bits per heavy atom. The van der Waals surface area contributed by atoms with Crippen LogP contribution in [-0.4, -0.2) is 81.6 Å². The molecule has 0 aliphatic carbocycles. The van der Waals surface area contributed by atoms with E-state index in [1.807, 2.05) is 0 Å². The Morgan fingerprint density at radius 3 is 1.50 bits per heavy atom. The van der Waals surface area contributed by atoms with Crippen LogP contribution in [0.5, 0.6) is 0 Å². The normalized spacial score (nSPS) is 4.00.